The molecular formula is C18H25N3O3. The molecule has 0 spiro atoms. The summed E-state index contributed by atoms with van der Waals surface area (Å²) in [6.07, 6.45) is 1.16. The molecule has 0 bridgehead atoms. The average Bonchev–Trinajstić information content (AvgIpc) is 2.68. The third kappa shape index (κ3) is 4.34. The summed E-state index contributed by atoms with van der Waals surface area (Å²) in [6.45, 7) is 6.99. The van der Waals surface area contributed by atoms with E-state index in [-0.39, 0.29) is 18.4 Å². The minimum Gasteiger partial charge on any atom is -0.350 e. The lowest BCUT2D eigenvalue weighted by Gasteiger charge is -2.23. The Labute approximate surface area is 142 Å². The molecule has 6 heteroatoms. The number of carbonyl (C=O) groups is 3. The van der Waals surface area contributed by atoms with Crippen LogP contribution in [0.1, 0.15) is 39.7 Å². The molecule has 0 unspecified atom stereocenters. The molecule has 1 aliphatic heterocycles. The van der Waals surface area contributed by atoms with Crippen molar-refractivity contribution >= 4 is 17.8 Å². The molecule has 24 heavy (non-hydrogen) atoms. The highest BCUT2D eigenvalue weighted by Gasteiger charge is 2.47. The molecule has 1 atom stereocenters. The Bertz CT molecular complexity index is 637. The Hall–Kier alpha value is -2.37. The number of amides is 4. The van der Waals surface area contributed by atoms with E-state index in [1.165, 1.54) is 0 Å². The zero-order valence-electron chi connectivity index (χ0n) is 14.7. The molecule has 130 valence electrons. The van der Waals surface area contributed by atoms with Crippen LogP contribution in [-0.4, -0.2) is 40.4 Å². The quantitative estimate of drug-likeness (QED) is 0.808. The van der Waals surface area contributed by atoms with Crippen LogP contribution in [0.15, 0.2) is 30.3 Å². The van der Waals surface area contributed by atoms with Gasteiger partial charge in [0.1, 0.15) is 12.1 Å². The van der Waals surface area contributed by atoms with Crippen molar-refractivity contribution in [1.82, 2.24) is 15.5 Å². The molecule has 2 N–H and O–H groups in total. The Morgan fingerprint density at radius 2 is 1.83 bits per heavy atom. The highest BCUT2D eigenvalue weighted by Crippen LogP contribution is 2.23. The predicted molar refractivity (Wildman–Crippen MR) is 91.3 cm³/mol. The first-order valence-electron chi connectivity index (χ1n) is 8.10. The van der Waals surface area contributed by atoms with Gasteiger partial charge in [0.15, 0.2) is 0 Å². The molecule has 1 fully saturated rings. The fourth-order valence-electron chi connectivity index (χ4n) is 2.70. The molecule has 1 aromatic carbocycles. The van der Waals surface area contributed by atoms with Crippen molar-refractivity contribution in [2.24, 2.45) is 0 Å². The summed E-state index contributed by atoms with van der Waals surface area (Å²) in [7, 11) is 0. The van der Waals surface area contributed by atoms with Gasteiger partial charge in [0.2, 0.25) is 5.91 Å². The Balaban J connectivity index is 2.00. The van der Waals surface area contributed by atoms with E-state index in [9.17, 15) is 14.4 Å². The van der Waals surface area contributed by atoms with Gasteiger partial charge < -0.3 is 10.6 Å². The largest absolute Gasteiger partial charge is 0.350 e. The monoisotopic (exact) mass is 331 g/mol. The van der Waals surface area contributed by atoms with Gasteiger partial charge in [-0.25, -0.2) is 4.79 Å². The molecule has 0 aromatic heterocycles. The van der Waals surface area contributed by atoms with Crippen LogP contribution in [0.3, 0.4) is 0 Å². The summed E-state index contributed by atoms with van der Waals surface area (Å²) >= 11 is 0. The van der Waals surface area contributed by atoms with Crippen LogP contribution >= 0.6 is 0 Å². The number of imide groups is 1. The van der Waals surface area contributed by atoms with Crippen LogP contribution in [0.25, 0.3) is 0 Å². The molecule has 0 saturated carbocycles. The second-order valence-electron chi connectivity index (χ2n) is 7.44. The lowest BCUT2D eigenvalue weighted by atomic mass is 9.93. The van der Waals surface area contributed by atoms with Gasteiger partial charge in [-0.2, -0.15) is 0 Å². The first-order chi connectivity index (χ1) is 11.1. The van der Waals surface area contributed by atoms with Crippen molar-refractivity contribution in [3.05, 3.63) is 35.9 Å². The van der Waals surface area contributed by atoms with E-state index in [0.29, 0.717) is 12.8 Å². The standard InChI is InChI=1S/C18H25N3O3/c1-17(2,3)19-14(22)12-21-15(23)18(4,20-16(21)24)11-10-13-8-6-5-7-9-13/h5-9H,10-12H2,1-4H3,(H,19,22)(H,20,24)/t18-/m0/s1. The topological polar surface area (TPSA) is 78.5 Å². The third-order valence-electron chi connectivity index (χ3n) is 3.92. The van der Waals surface area contributed by atoms with Crippen LogP contribution in [0.5, 0.6) is 0 Å². The second kappa shape index (κ2) is 6.63. The van der Waals surface area contributed by atoms with E-state index in [1.54, 1.807) is 6.92 Å². The van der Waals surface area contributed by atoms with E-state index < -0.39 is 17.1 Å². The minimum absolute atomic E-state index is 0.261. The molecule has 1 aromatic rings. The maximum Gasteiger partial charge on any atom is 0.325 e. The van der Waals surface area contributed by atoms with Crippen LogP contribution in [0.4, 0.5) is 4.79 Å². The average molecular weight is 331 g/mol. The molecule has 1 saturated heterocycles. The van der Waals surface area contributed by atoms with Gasteiger partial charge in [0.25, 0.3) is 5.91 Å². The number of aryl methyl sites for hydroxylation is 1. The number of hydrogen-bond donors (Lipinski definition) is 2. The molecule has 1 heterocycles. The summed E-state index contributed by atoms with van der Waals surface area (Å²) in [4.78, 5) is 37.8. The van der Waals surface area contributed by atoms with Gasteiger partial charge in [-0.15, -0.1) is 0 Å². The van der Waals surface area contributed by atoms with E-state index in [0.717, 1.165) is 10.5 Å². The summed E-state index contributed by atoms with van der Waals surface area (Å²) in [5.74, 6) is -0.703. The normalized spacial score (nSPS) is 20.9. The molecular weight excluding hydrogens is 306 g/mol. The molecule has 4 amide bonds. The lowest BCUT2D eigenvalue weighted by Crippen LogP contribution is -2.48. The van der Waals surface area contributed by atoms with E-state index in [4.69, 9.17) is 0 Å². The number of carbonyl (C=O) groups excluding carboxylic acids is 3. The Morgan fingerprint density at radius 3 is 2.42 bits per heavy atom. The molecule has 6 nitrogen and oxygen atoms in total. The van der Waals surface area contributed by atoms with Gasteiger partial charge >= 0.3 is 6.03 Å². The molecule has 0 radical (unpaired) electrons. The van der Waals surface area contributed by atoms with Crippen molar-refractivity contribution in [2.75, 3.05) is 6.54 Å². The highest BCUT2D eigenvalue weighted by molar-refractivity contribution is 6.08. The zero-order valence-corrected chi connectivity index (χ0v) is 14.7. The summed E-state index contributed by atoms with van der Waals surface area (Å²) in [5.41, 5.74) is -0.285. The van der Waals surface area contributed by atoms with Gasteiger partial charge in [-0.1, -0.05) is 30.3 Å². The molecule has 0 aliphatic carbocycles. The van der Waals surface area contributed by atoms with Gasteiger partial charge in [-0.05, 0) is 46.1 Å². The van der Waals surface area contributed by atoms with E-state index in [2.05, 4.69) is 10.6 Å². The second-order valence-corrected chi connectivity index (χ2v) is 7.44. The first kappa shape index (κ1) is 18.0. The van der Waals surface area contributed by atoms with Crippen LogP contribution in [0.2, 0.25) is 0 Å². The molecule has 2 rings (SSSR count). The van der Waals surface area contributed by atoms with Crippen molar-refractivity contribution in [3.8, 4) is 0 Å². The minimum atomic E-state index is -0.977. The van der Waals surface area contributed by atoms with Gasteiger partial charge in [0, 0.05) is 5.54 Å². The smallest absolute Gasteiger partial charge is 0.325 e. The van der Waals surface area contributed by atoms with Crippen molar-refractivity contribution in [1.29, 1.82) is 0 Å². The Kier molecular flexibility index (Phi) is 4.96. The first-order valence-corrected chi connectivity index (χ1v) is 8.10. The van der Waals surface area contributed by atoms with Crippen LogP contribution in [0, 0.1) is 0 Å². The van der Waals surface area contributed by atoms with Crippen molar-refractivity contribution in [2.45, 2.75) is 51.6 Å². The summed E-state index contributed by atoms with van der Waals surface area (Å²) in [5, 5.41) is 5.49. The molecule has 1 aliphatic rings. The number of hydrogen-bond acceptors (Lipinski definition) is 3. The summed E-state index contributed by atoms with van der Waals surface area (Å²) in [6, 6.07) is 9.27. The van der Waals surface area contributed by atoms with E-state index in [1.807, 2.05) is 51.1 Å². The zero-order chi connectivity index (χ0) is 18.0. The number of nitrogens with one attached hydrogen (secondary N) is 2. The third-order valence-corrected chi connectivity index (χ3v) is 3.92. The fraction of sp³-hybridized carbons (Fsp3) is 0.500. The van der Waals surface area contributed by atoms with Crippen LogP contribution in [-0.2, 0) is 16.0 Å². The maximum absolute atomic E-state index is 12.6. The van der Waals surface area contributed by atoms with Crippen molar-refractivity contribution < 1.29 is 14.4 Å². The van der Waals surface area contributed by atoms with Gasteiger partial charge in [0.05, 0.1) is 0 Å². The highest BCUT2D eigenvalue weighted by atomic mass is 16.2. The number of benzene rings is 1. The van der Waals surface area contributed by atoms with E-state index >= 15 is 0 Å². The Morgan fingerprint density at radius 1 is 1.21 bits per heavy atom. The number of nitrogens with zero attached hydrogens (tertiary/aromatic N) is 1. The van der Waals surface area contributed by atoms with Crippen molar-refractivity contribution in [3.63, 3.8) is 0 Å². The van der Waals surface area contributed by atoms with Gasteiger partial charge in [-0.3, -0.25) is 14.5 Å². The number of urea groups is 1. The lowest BCUT2D eigenvalue weighted by molar-refractivity contribution is -0.135. The fourth-order valence-corrected chi connectivity index (χ4v) is 2.70. The maximum atomic E-state index is 12.6. The summed E-state index contributed by atoms with van der Waals surface area (Å²) < 4.78 is 0. The SMILES string of the molecule is CC(C)(C)NC(=O)CN1C(=O)N[C@@](C)(CCc2ccccc2)C1=O. The number of rotatable bonds is 5. The van der Waals surface area contributed by atoms with Crippen LogP contribution < -0.4 is 10.6 Å². The predicted octanol–water partition coefficient (Wildman–Crippen LogP) is 1.84.